The Labute approximate surface area is 130 Å². The summed E-state index contributed by atoms with van der Waals surface area (Å²) in [6.07, 6.45) is 2.48. The van der Waals surface area contributed by atoms with Crippen molar-refractivity contribution in [2.75, 3.05) is 5.32 Å². The van der Waals surface area contributed by atoms with Crippen molar-refractivity contribution in [3.63, 3.8) is 0 Å². The highest BCUT2D eigenvalue weighted by molar-refractivity contribution is 9.10. The number of amides is 1. The quantitative estimate of drug-likeness (QED) is 0.750. The third-order valence-corrected chi connectivity index (χ3v) is 3.87. The summed E-state index contributed by atoms with van der Waals surface area (Å²) in [7, 11) is 0. The molecule has 0 atom stereocenters. The number of hydrogen-bond donors (Lipinski definition) is 2. The highest BCUT2D eigenvalue weighted by Gasteiger charge is 2.10. The molecule has 0 bridgehead atoms. The van der Waals surface area contributed by atoms with E-state index in [0.29, 0.717) is 5.56 Å². The standard InChI is InChI=1S/C16H14BrN3O/c1-2-10-7-12(17)4-6-13(10)20-16(21)11-3-5-14-15(8-11)19-9-18-14/h3-9H,2H2,1H3,(H,18,19)(H,20,21). The van der Waals surface area contributed by atoms with Crippen LogP contribution in [0.5, 0.6) is 0 Å². The van der Waals surface area contributed by atoms with Crippen LogP contribution in [-0.2, 0) is 6.42 Å². The number of benzene rings is 2. The van der Waals surface area contributed by atoms with Crippen molar-refractivity contribution in [3.8, 4) is 0 Å². The maximum Gasteiger partial charge on any atom is 0.255 e. The van der Waals surface area contributed by atoms with Gasteiger partial charge < -0.3 is 10.3 Å². The first kappa shape index (κ1) is 13.8. The number of anilines is 1. The average Bonchev–Trinajstić information content (AvgIpc) is 2.96. The number of carbonyl (C=O) groups is 1. The van der Waals surface area contributed by atoms with Crippen molar-refractivity contribution in [2.24, 2.45) is 0 Å². The van der Waals surface area contributed by atoms with Gasteiger partial charge in [-0.3, -0.25) is 4.79 Å². The lowest BCUT2D eigenvalue weighted by molar-refractivity contribution is 0.102. The number of hydrogen-bond acceptors (Lipinski definition) is 2. The molecule has 0 fully saturated rings. The lowest BCUT2D eigenvalue weighted by Crippen LogP contribution is -2.13. The fourth-order valence-electron chi connectivity index (χ4n) is 2.25. The molecule has 0 saturated heterocycles. The van der Waals surface area contributed by atoms with Gasteiger partial charge in [-0.05, 0) is 48.4 Å². The molecule has 3 rings (SSSR count). The molecule has 0 spiro atoms. The summed E-state index contributed by atoms with van der Waals surface area (Å²) >= 11 is 3.45. The number of nitrogens with one attached hydrogen (secondary N) is 2. The normalized spacial score (nSPS) is 10.8. The largest absolute Gasteiger partial charge is 0.345 e. The number of aryl methyl sites for hydroxylation is 1. The first-order valence-electron chi connectivity index (χ1n) is 6.70. The lowest BCUT2D eigenvalue weighted by Gasteiger charge is -2.10. The Kier molecular flexibility index (Phi) is 3.75. The lowest BCUT2D eigenvalue weighted by atomic mass is 10.1. The number of nitrogens with zero attached hydrogens (tertiary/aromatic N) is 1. The molecule has 3 aromatic rings. The Balaban J connectivity index is 1.88. The number of aromatic amines is 1. The second-order valence-electron chi connectivity index (χ2n) is 4.74. The fourth-order valence-corrected chi connectivity index (χ4v) is 2.66. The first-order valence-corrected chi connectivity index (χ1v) is 7.49. The molecule has 0 radical (unpaired) electrons. The van der Waals surface area contributed by atoms with Gasteiger partial charge in [0, 0.05) is 15.7 Å². The fraction of sp³-hybridized carbons (Fsp3) is 0.125. The van der Waals surface area contributed by atoms with E-state index in [1.54, 1.807) is 12.4 Å². The maximum atomic E-state index is 12.4. The average molecular weight is 344 g/mol. The molecular weight excluding hydrogens is 330 g/mol. The Morgan fingerprint density at radius 2 is 2.14 bits per heavy atom. The molecular formula is C16H14BrN3O. The number of carbonyl (C=O) groups excluding carboxylic acids is 1. The molecule has 106 valence electrons. The molecule has 1 amide bonds. The third kappa shape index (κ3) is 2.83. The first-order chi connectivity index (χ1) is 10.2. The number of H-pyrrole nitrogens is 1. The monoisotopic (exact) mass is 343 g/mol. The van der Waals surface area contributed by atoms with Gasteiger partial charge in [-0.25, -0.2) is 4.98 Å². The van der Waals surface area contributed by atoms with Crippen molar-refractivity contribution in [3.05, 3.63) is 58.3 Å². The summed E-state index contributed by atoms with van der Waals surface area (Å²) in [5.74, 6) is -0.122. The van der Waals surface area contributed by atoms with Crippen LogP contribution < -0.4 is 5.32 Å². The van der Waals surface area contributed by atoms with Crippen LogP contribution in [0.15, 0.2) is 47.2 Å². The molecule has 1 heterocycles. The minimum absolute atomic E-state index is 0.122. The number of aromatic nitrogens is 2. The van der Waals surface area contributed by atoms with Crippen LogP contribution in [0.3, 0.4) is 0 Å². The molecule has 5 heteroatoms. The third-order valence-electron chi connectivity index (χ3n) is 3.38. The molecule has 2 N–H and O–H groups in total. The van der Waals surface area contributed by atoms with E-state index in [1.165, 1.54) is 0 Å². The zero-order valence-corrected chi connectivity index (χ0v) is 13.1. The molecule has 4 nitrogen and oxygen atoms in total. The van der Waals surface area contributed by atoms with E-state index in [9.17, 15) is 4.79 Å². The van der Waals surface area contributed by atoms with Crippen molar-refractivity contribution < 1.29 is 4.79 Å². The van der Waals surface area contributed by atoms with Crippen molar-refractivity contribution in [1.29, 1.82) is 0 Å². The highest BCUT2D eigenvalue weighted by atomic mass is 79.9. The topological polar surface area (TPSA) is 57.8 Å². The van der Waals surface area contributed by atoms with E-state index in [0.717, 1.165) is 33.2 Å². The van der Waals surface area contributed by atoms with E-state index < -0.39 is 0 Å². The van der Waals surface area contributed by atoms with E-state index in [4.69, 9.17) is 0 Å². The predicted molar refractivity (Wildman–Crippen MR) is 87.6 cm³/mol. The SMILES string of the molecule is CCc1cc(Br)ccc1NC(=O)c1ccc2nc[nH]c2c1. The number of fused-ring (bicyclic) bond motifs is 1. The number of imidazole rings is 1. The zero-order chi connectivity index (χ0) is 14.8. The molecule has 0 aliphatic rings. The van der Waals surface area contributed by atoms with Crippen LogP contribution in [0.4, 0.5) is 5.69 Å². The Bertz CT molecular complexity index is 810. The van der Waals surface area contributed by atoms with Gasteiger partial charge >= 0.3 is 0 Å². The van der Waals surface area contributed by atoms with Crippen molar-refractivity contribution in [2.45, 2.75) is 13.3 Å². The van der Waals surface area contributed by atoms with Gasteiger partial charge in [0.1, 0.15) is 0 Å². The van der Waals surface area contributed by atoms with Crippen LogP contribution in [0, 0.1) is 0 Å². The molecule has 0 aliphatic heterocycles. The van der Waals surface area contributed by atoms with Gasteiger partial charge in [-0.1, -0.05) is 22.9 Å². The summed E-state index contributed by atoms with van der Waals surface area (Å²) in [5.41, 5.74) is 4.26. The number of halogens is 1. The Morgan fingerprint density at radius 1 is 1.29 bits per heavy atom. The van der Waals surface area contributed by atoms with Crippen LogP contribution in [0.25, 0.3) is 11.0 Å². The molecule has 2 aromatic carbocycles. The van der Waals surface area contributed by atoms with E-state index in [1.807, 2.05) is 30.3 Å². The van der Waals surface area contributed by atoms with Crippen LogP contribution in [-0.4, -0.2) is 15.9 Å². The summed E-state index contributed by atoms with van der Waals surface area (Å²) in [4.78, 5) is 19.5. The Hall–Kier alpha value is -2.14. The second-order valence-corrected chi connectivity index (χ2v) is 5.66. The van der Waals surface area contributed by atoms with Gasteiger partial charge in [-0.15, -0.1) is 0 Å². The minimum atomic E-state index is -0.122. The summed E-state index contributed by atoms with van der Waals surface area (Å²) in [5, 5.41) is 2.97. The molecule has 21 heavy (non-hydrogen) atoms. The minimum Gasteiger partial charge on any atom is -0.345 e. The van der Waals surface area contributed by atoms with Crippen LogP contribution in [0.2, 0.25) is 0 Å². The van der Waals surface area contributed by atoms with E-state index >= 15 is 0 Å². The van der Waals surface area contributed by atoms with Gasteiger partial charge in [0.25, 0.3) is 5.91 Å². The molecule has 1 aromatic heterocycles. The maximum absolute atomic E-state index is 12.4. The van der Waals surface area contributed by atoms with Gasteiger partial charge in [0.05, 0.1) is 17.4 Å². The summed E-state index contributed by atoms with van der Waals surface area (Å²) in [6.45, 7) is 2.06. The molecule has 0 saturated carbocycles. The summed E-state index contributed by atoms with van der Waals surface area (Å²) in [6, 6.07) is 11.3. The van der Waals surface area contributed by atoms with Crippen molar-refractivity contribution in [1.82, 2.24) is 9.97 Å². The zero-order valence-electron chi connectivity index (χ0n) is 11.5. The number of rotatable bonds is 3. The summed E-state index contributed by atoms with van der Waals surface area (Å²) < 4.78 is 1.01. The second kappa shape index (κ2) is 5.69. The highest BCUT2D eigenvalue weighted by Crippen LogP contribution is 2.22. The van der Waals surface area contributed by atoms with E-state index in [2.05, 4.69) is 38.1 Å². The van der Waals surface area contributed by atoms with Gasteiger partial charge in [0.2, 0.25) is 0 Å². The van der Waals surface area contributed by atoms with Gasteiger partial charge in [-0.2, -0.15) is 0 Å². The van der Waals surface area contributed by atoms with Gasteiger partial charge in [0.15, 0.2) is 0 Å². The van der Waals surface area contributed by atoms with Crippen molar-refractivity contribution >= 4 is 38.6 Å². The Morgan fingerprint density at radius 3 is 2.95 bits per heavy atom. The van der Waals surface area contributed by atoms with E-state index in [-0.39, 0.29) is 5.91 Å². The molecule has 0 aliphatic carbocycles. The molecule has 0 unspecified atom stereocenters. The van der Waals surface area contributed by atoms with Crippen LogP contribution >= 0.6 is 15.9 Å². The van der Waals surface area contributed by atoms with Crippen LogP contribution in [0.1, 0.15) is 22.8 Å². The predicted octanol–water partition coefficient (Wildman–Crippen LogP) is 4.14. The smallest absolute Gasteiger partial charge is 0.255 e.